The van der Waals surface area contributed by atoms with E-state index in [1.54, 1.807) is 35.4 Å². The third-order valence-electron chi connectivity index (χ3n) is 4.78. The van der Waals surface area contributed by atoms with Gasteiger partial charge in [-0.15, -0.1) is 0 Å². The summed E-state index contributed by atoms with van der Waals surface area (Å²) in [5.41, 5.74) is 0.811. The Morgan fingerprint density at radius 2 is 1.82 bits per heavy atom. The van der Waals surface area contributed by atoms with E-state index >= 15 is 0 Å². The van der Waals surface area contributed by atoms with E-state index in [0.717, 1.165) is 5.56 Å². The molecular weight excluding hydrogens is 405 g/mol. The number of pyridine rings is 1. The second-order valence-electron chi connectivity index (χ2n) is 6.59. The molecule has 1 fully saturated rings. The molecule has 0 aliphatic carbocycles. The Morgan fingerprint density at radius 1 is 1.11 bits per heavy atom. The van der Waals surface area contributed by atoms with Gasteiger partial charge in [-0.25, -0.2) is 4.79 Å². The van der Waals surface area contributed by atoms with Crippen molar-refractivity contribution in [3.8, 4) is 5.75 Å². The van der Waals surface area contributed by atoms with Crippen LogP contribution in [0.1, 0.15) is 11.1 Å². The predicted octanol–water partition coefficient (Wildman–Crippen LogP) is 2.79. The van der Waals surface area contributed by atoms with Gasteiger partial charge in [0.2, 0.25) is 0 Å². The first-order chi connectivity index (χ1) is 13.4. The maximum atomic E-state index is 12.5. The summed E-state index contributed by atoms with van der Waals surface area (Å²) >= 11 is 12.1. The summed E-state index contributed by atoms with van der Waals surface area (Å²) in [6, 6.07) is 6.80. The van der Waals surface area contributed by atoms with E-state index in [1.165, 1.54) is 11.7 Å². The number of aromatic nitrogens is 1. The van der Waals surface area contributed by atoms with Crippen LogP contribution in [0.15, 0.2) is 35.3 Å². The molecule has 0 bridgehead atoms. The van der Waals surface area contributed by atoms with Crippen LogP contribution in [0.4, 0.5) is 4.79 Å². The number of hydrogen-bond acceptors (Lipinski definition) is 5. The third-order valence-corrected chi connectivity index (χ3v) is 5.37. The quantitative estimate of drug-likeness (QED) is 0.814. The SMILES string of the molecule is COC(=O)N1CCN(Cc2ccn(Cc3ccc(Cl)cc3Cl)c(=O)c2O)CC1. The van der Waals surface area contributed by atoms with Crippen molar-refractivity contribution in [2.45, 2.75) is 13.1 Å². The van der Waals surface area contributed by atoms with Gasteiger partial charge in [0.25, 0.3) is 5.56 Å². The molecule has 3 rings (SSSR count). The molecule has 0 radical (unpaired) electrons. The molecular formula is C19H21Cl2N3O4. The highest BCUT2D eigenvalue weighted by Gasteiger charge is 2.22. The summed E-state index contributed by atoms with van der Waals surface area (Å²) in [5.74, 6) is -0.275. The Hall–Kier alpha value is -2.22. The van der Waals surface area contributed by atoms with Crippen LogP contribution in [0.25, 0.3) is 0 Å². The molecule has 2 aromatic rings. The van der Waals surface area contributed by atoms with Gasteiger partial charge in [-0.2, -0.15) is 0 Å². The summed E-state index contributed by atoms with van der Waals surface area (Å²) in [6.45, 7) is 3.02. The van der Waals surface area contributed by atoms with Crippen molar-refractivity contribution in [3.63, 3.8) is 0 Å². The van der Waals surface area contributed by atoms with E-state index in [-0.39, 0.29) is 18.4 Å². The van der Waals surface area contributed by atoms with E-state index < -0.39 is 5.56 Å². The first-order valence-electron chi connectivity index (χ1n) is 8.79. The maximum absolute atomic E-state index is 12.5. The average molecular weight is 426 g/mol. The van der Waals surface area contributed by atoms with Gasteiger partial charge in [-0.05, 0) is 23.8 Å². The lowest BCUT2D eigenvalue weighted by molar-refractivity contribution is 0.0885. The molecule has 1 aliphatic rings. The molecule has 0 unspecified atom stereocenters. The van der Waals surface area contributed by atoms with Crippen LogP contribution in [-0.2, 0) is 17.8 Å². The highest BCUT2D eigenvalue weighted by Crippen LogP contribution is 2.22. The van der Waals surface area contributed by atoms with Crippen LogP contribution in [0.5, 0.6) is 5.75 Å². The first-order valence-corrected chi connectivity index (χ1v) is 9.55. The van der Waals surface area contributed by atoms with Crippen LogP contribution >= 0.6 is 23.2 Å². The summed E-state index contributed by atoms with van der Waals surface area (Å²) in [4.78, 5) is 27.8. The van der Waals surface area contributed by atoms with Gasteiger partial charge in [0.1, 0.15) is 0 Å². The topological polar surface area (TPSA) is 75.0 Å². The molecule has 0 atom stereocenters. The molecule has 9 heteroatoms. The third kappa shape index (κ3) is 4.60. The van der Waals surface area contributed by atoms with Crippen LogP contribution in [-0.4, -0.2) is 58.9 Å². The molecule has 1 N–H and O–H groups in total. The minimum absolute atomic E-state index is 0.237. The average Bonchev–Trinajstić information content (AvgIpc) is 2.69. The van der Waals surface area contributed by atoms with Crippen molar-refractivity contribution in [2.75, 3.05) is 33.3 Å². The Morgan fingerprint density at radius 3 is 2.46 bits per heavy atom. The predicted molar refractivity (Wildman–Crippen MR) is 107 cm³/mol. The lowest BCUT2D eigenvalue weighted by atomic mass is 10.2. The fourth-order valence-corrected chi connectivity index (χ4v) is 3.61. The van der Waals surface area contributed by atoms with Gasteiger partial charge >= 0.3 is 6.09 Å². The van der Waals surface area contributed by atoms with Crippen LogP contribution in [0.3, 0.4) is 0 Å². The number of ether oxygens (including phenoxy) is 1. The zero-order valence-electron chi connectivity index (χ0n) is 15.4. The van der Waals surface area contributed by atoms with Crippen LogP contribution in [0, 0.1) is 0 Å². The number of piperazine rings is 1. The summed E-state index contributed by atoms with van der Waals surface area (Å²) in [6.07, 6.45) is 1.30. The second kappa shape index (κ2) is 8.86. The Kier molecular flexibility index (Phi) is 6.49. The molecule has 1 aromatic carbocycles. The van der Waals surface area contributed by atoms with E-state index in [2.05, 4.69) is 4.90 Å². The molecule has 28 heavy (non-hydrogen) atoms. The zero-order valence-corrected chi connectivity index (χ0v) is 16.9. The maximum Gasteiger partial charge on any atom is 0.409 e. The van der Waals surface area contributed by atoms with Gasteiger partial charge in [0.05, 0.1) is 13.7 Å². The first kappa shape index (κ1) is 20.5. The molecule has 1 amide bonds. The molecule has 150 valence electrons. The zero-order chi connectivity index (χ0) is 20.3. The lowest BCUT2D eigenvalue weighted by Crippen LogP contribution is -2.48. The summed E-state index contributed by atoms with van der Waals surface area (Å²) in [7, 11) is 1.36. The van der Waals surface area contributed by atoms with Crippen molar-refractivity contribution < 1.29 is 14.6 Å². The van der Waals surface area contributed by atoms with Crippen LogP contribution < -0.4 is 5.56 Å². The van der Waals surface area contributed by atoms with Crippen molar-refractivity contribution in [2.24, 2.45) is 0 Å². The highest BCUT2D eigenvalue weighted by atomic mass is 35.5. The van der Waals surface area contributed by atoms with Gasteiger partial charge < -0.3 is 19.3 Å². The van der Waals surface area contributed by atoms with Crippen LogP contribution in [0.2, 0.25) is 10.0 Å². The number of carbonyl (C=O) groups excluding carboxylic acids is 1. The smallest absolute Gasteiger partial charge is 0.409 e. The molecule has 7 nitrogen and oxygen atoms in total. The minimum atomic E-state index is -0.475. The molecule has 2 heterocycles. The monoisotopic (exact) mass is 425 g/mol. The normalized spacial score (nSPS) is 14.9. The number of hydrogen-bond donors (Lipinski definition) is 1. The van der Waals surface area contributed by atoms with Gasteiger partial charge in [0.15, 0.2) is 5.75 Å². The summed E-state index contributed by atoms with van der Waals surface area (Å²) in [5, 5.41) is 11.4. The molecule has 0 saturated carbocycles. The van der Waals surface area contributed by atoms with E-state index in [1.807, 2.05) is 0 Å². The van der Waals surface area contributed by atoms with Gasteiger partial charge in [0, 0.05) is 54.5 Å². The number of amides is 1. The number of carbonyl (C=O) groups is 1. The second-order valence-corrected chi connectivity index (χ2v) is 7.44. The standard InChI is InChI=1S/C19H21Cl2N3O4/c1-28-19(27)23-8-6-22(7-9-23)11-14-4-5-24(18(26)17(14)25)12-13-2-3-15(20)10-16(13)21/h2-5,10,25H,6-9,11-12H2,1H3. The molecule has 0 spiro atoms. The molecule has 1 aliphatic heterocycles. The highest BCUT2D eigenvalue weighted by molar-refractivity contribution is 6.35. The van der Waals surface area contributed by atoms with Crippen molar-refractivity contribution >= 4 is 29.3 Å². The van der Waals surface area contributed by atoms with Crippen molar-refractivity contribution in [3.05, 3.63) is 62.0 Å². The van der Waals surface area contributed by atoms with E-state index in [4.69, 9.17) is 27.9 Å². The number of benzene rings is 1. The number of methoxy groups -OCH3 is 1. The number of halogens is 2. The number of rotatable bonds is 4. The Labute approximate surface area is 172 Å². The fourth-order valence-electron chi connectivity index (χ4n) is 3.14. The number of aromatic hydroxyl groups is 1. The van der Waals surface area contributed by atoms with Gasteiger partial charge in [-0.3, -0.25) is 9.69 Å². The Balaban J connectivity index is 1.69. The van der Waals surface area contributed by atoms with Gasteiger partial charge in [-0.1, -0.05) is 29.3 Å². The molecule has 1 saturated heterocycles. The van der Waals surface area contributed by atoms with E-state index in [0.29, 0.717) is 48.3 Å². The molecule has 1 aromatic heterocycles. The lowest BCUT2D eigenvalue weighted by Gasteiger charge is -2.33. The summed E-state index contributed by atoms with van der Waals surface area (Å²) < 4.78 is 6.13. The van der Waals surface area contributed by atoms with Crippen molar-refractivity contribution in [1.29, 1.82) is 0 Å². The van der Waals surface area contributed by atoms with Crippen molar-refractivity contribution in [1.82, 2.24) is 14.4 Å². The van der Waals surface area contributed by atoms with E-state index in [9.17, 15) is 14.7 Å². The fraction of sp³-hybridized carbons (Fsp3) is 0.368. The Bertz CT molecular complexity index is 924. The minimum Gasteiger partial charge on any atom is -0.503 e. The number of nitrogens with zero attached hydrogens (tertiary/aromatic N) is 3. The largest absolute Gasteiger partial charge is 0.503 e.